The molecule has 0 bridgehead atoms. The van der Waals surface area contributed by atoms with E-state index in [0.717, 1.165) is 4.90 Å². The monoisotopic (exact) mass is 289 g/mol. The van der Waals surface area contributed by atoms with Crippen molar-refractivity contribution in [2.24, 2.45) is 0 Å². The molecule has 0 spiro atoms. The number of likely N-dealkylation sites (N-methyl/N-ethyl adjacent to an activating group) is 1. The first kappa shape index (κ1) is 14.4. The van der Waals surface area contributed by atoms with Gasteiger partial charge in [-0.05, 0) is 6.92 Å². The number of piperazine rings is 1. The van der Waals surface area contributed by atoms with Gasteiger partial charge in [0, 0.05) is 33.2 Å². The lowest BCUT2D eigenvalue weighted by atomic mass is 10.2. The quantitative estimate of drug-likeness (QED) is 0.604. The van der Waals surface area contributed by atoms with Crippen LogP contribution >= 0.6 is 0 Å². The highest BCUT2D eigenvalue weighted by molar-refractivity contribution is 7.89. The third kappa shape index (κ3) is 2.65. The number of hydrogen-bond acceptors (Lipinski definition) is 5. The van der Waals surface area contributed by atoms with E-state index in [4.69, 9.17) is 0 Å². The average Bonchev–Trinajstić information content (AvgIpc) is 2.67. The molecule has 0 aromatic carbocycles. The van der Waals surface area contributed by atoms with Gasteiger partial charge in [-0.1, -0.05) is 0 Å². The van der Waals surface area contributed by atoms with Gasteiger partial charge in [-0.2, -0.15) is 4.31 Å². The summed E-state index contributed by atoms with van der Waals surface area (Å²) in [4.78, 5) is 26.4. The summed E-state index contributed by atoms with van der Waals surface area (Å²) in [6, 6.07) is -0.413. The van der Waals surface area contributed by atoms with E-state index in [0.29, 0.717) is 26.2 Å². The largest absolute Gasteiger partial charge is 0.289 e. The molecule has 108 valence electrons. The van der Waals surface area contributed by atoms with Crippen molar-refractivity contribution < 1.29 is 18.0 Å². The number of amides is 2. The van der Waals surface area contributed by atoms with Gasteiger partial charge in [-0.15, -0.1) is 0 Å². The van der Waals surface area contributed by atoms with E-state index in [1.54, 1.807) is 6.92 Å². The Morgan fingerprint density at radius 3 is 2.16 bits per heavy atom. The van der Waals surface area contributed by atoms with Gasteiger partial charge in [-0.3, -0.25) is 19.4 Å². The molecule has 1 atom stereocenters. The Hall–Kier alpha value is -0.990. The van der Waals surface area contributed by atoms with Gasteiger partial charge in [0.05, 0.1) is 18.2 Å². The van der Waals surface area contributed by atoms with E-state index >= 15 is 0 Å². The minimum Gasteiger partial charge on any atom is -0.289 e. The Labute approximate surface area is 113 Å². The first-order chi connectivity index (χ1) is 8.86. The summed E-state index contributed by atoms with van der Waals surface area (Å²) in [5, 5.41) is 0. The third-order valence-corrected chi connectivity index (χ3v) is 5.71. The second-order valence-electron chi connectivity index (χ2n) is 4.85. The van der Waals surface area contributed by atoms with Crippen molar-refractivity contribution in [3.05, 3.63) is 0 Å². The Bertz CT molecular complexity index is 482. The minimum absolute atomic E-state index is 0.0938. The fraction of sp³-hybridized carbons (Fsp3) is 0.818. The highest BCUT2D eigenvalue weighted by atomic mass is 32.2. The summed E-state index contributed by atoms with van der Waals surface area (Å²) in [5.74, 6) is -0.258. The molecule has 0 radical (unpaired) electrons. The van der Waals surface area contributed by atoms with E-state index in [2.05, 4.69) is 0 Å². The molecule has 2 saturated heterocycles. The summed E-state index contributed by atoms with van der Waals surface area (Å²) in [5.41, 5.74) is 0. The number of likely N-dealkylation sites (tertiary alicyclic amines) is 1. The molecular weight excluding hydrogens is 270 g/mol. The van der Waals surface area contributed by atoms with E-state index in [1.807, 2.05) is 4.90 Å². The summed E-state index contributed by atoms with van der Waals surface area (Å²) < 4.78 is 24.9. The van der Waals surface area contributed by atoms with Gasteiger partial charge in [0.2, 0.25) is 21.8 Å². The molecule has 0 N–H and O–H groups in total. The topological polar surface area (TPSA) is 78.0 Å². The molecule has 2 aliphatic heterocycles. The predicted octanol–water partition coefficient (Wildman–Crippen LogP) is -1.29. The first-order valence-electron chi connectivity index (χ1n) is 6.39. The van der Waals surface area contributed by atoms with E-state index in [-0.39, 0.29) is 24.0 Å². The Morgan fingerprint density at radius 2 is 1.74 bits per heavy atom. The number of carbonyl (C=O) groups excluding carboxylic acids is 2. The molecule has 0 aromatic rings. The van der Waals surface area contributed by atoms with Crippen LogP contribution in [0.1, 0.15) is 13.3 Å². The van der Waals surface area contributed by atoms with Crippen molar-refractivity contribution in [3.8, 4) is 0 Å². The van der Waals surface area contributed by atoms with Crippen LogP contribution in [0, 0.1) is 0 Å². The molecule has 0 saturated carbocycles. The zero-order valence-electron chi connectivity index (χ0n) is 11.2. The Kier molecular flexibility index (Phi) is 3.93. The van der Waals surface area contributed by atoms with Crippen LogP contribution in [-0.4, -0.2) is 79.4 Å². The maximum absolute atomic E-state index is 11.9. The van der Waals surface area contributed by atoms with Crippen molar-refractivity contribution in [3.63, 3.8) is 0 Å². The maximum Gasteiger partial charge on any atom is 0.246 e. The number of imide groups is 1. The van der Waals surface area contributed by atoms with Gasteiger partial charge < -0.3 is 0 Å². The highest BCUT2D eigenvalue weighted by Gasteiger charge is 2.41. The average molecular weight is 289 g/mol. The van der Waals surface area contributed by atoms with Gasteiger partial charge in [0.1, 0.15) is 0 Å². The van der Waals surface area contributed by atoms with Crippen molar-refractivity contribution in [2.75, 3.05) is 39.0 Å². The number of rotatable bonds is 3. The van der Waals surface area contributed by atoms with Crippen LogP contribution in [0.15, 0.2) is 0 Å². The van der Waals surface area contributed by atoms with Gasteiger partial charge >= 0.3 is 0 Å². The van der Waals surface area contributed by atoms with Crippen molar-refractivity contribution >= 4 is 21.8 Å². The molecule has 19 heavy (non-hydrogen) atoms. The minimum atomic E-state index is -3.16. The molecule has 2 aliphatic rings. The molecular formula is C11H19N3O4S. The lowest BCUT2D eigenvalue weighted by Gasteiger charge is -2.36. The number of nitrogens with zero attached hydrogens (tertiary/aromatic N) is 3. The van der Waals surface area contributed by atoms with E-state index in [9.17, 15) is 18.0 Å². The van der Waals surface area contributed by atoms with Crippen LogP contribution in [0.25, 0.3) is 0 Å². The standard InChI is InChI=1S/C11H19N3O4S/c1-3-19(17,18)14-6-4-13(5-7-14)9-8-10(15)12(2)11(9)16/h9H,3-8H2,1-2H3. The van der Waals surface area contributed by atoms with Gasteiger partial charge in [0.15, 0.2) is 0 Å². The second kappa shape index (κ2) is 5.18. The van der Waals surface area contributed by atoms with Crippen molar-refractivity contribution in [2.45, 2.75) is 19.4 Å². The Morgan fingerprint density at radius 1 is 1.16 bits per heavy atom. The summed E-state index contributed by atoms with van der Waals surface area (Å²) in [6.45, 7) is 3.39. The fourth-order valence-electron chi connectivity index (χ4n) is 2.50. The summed E-state index contributed by atoms with van der Waals surface area (Å²) >= 11 is 0. The SMILES string of the molecule is CCS(=O)(=O)N1CCN(C2CC(=O)N(C)C2=O)CC1. The van der Waals surface area contributed by atoms with Crippen LogP contribution in [0.5, 0.6) is 0 Å². The first-order valence-corrected chi connectivity index (χ1v) is 8.00. The molecule has 2 fully saturated rings. The lowest BCUT2D eigenvalue weighted by molar-refractivity contribution is -0.138. The van der Waals surface area contributed by atoms with Crippen LogP contribution < -0.4 is 0 Å². The number of carbonyl (C=O) groups is 2. The third-order valence-electron chi connectivity index (χ3n) is 3.83. The molecule has 0 aromatic heterocycles. The fourth-order valence-corrected chi connectivity index (χ4v) is 3.58. The van der Waals surface area contributed by atoms with Crippen LogP contribution in [0.4, 0.5) is 0 Å². The molecule has 7 nitrogen and oxygen atoms in total. The zero-order chi connectivity index (χ0) is 14.2. The van der Waals surface area contributed by atoms with Gasteiger partial charge in [0.25, 0.3) is 0 Å². The molecule has 8 heteroatoms. The van der Waals surface area contributed by atoms with Crippen molar-refractivity contribution in [1.29, 1.82) is 0 Å². The Balaban J connectivity index is 1.98. The number of sulfonamides is 1. The maximum atomic E-state index is 11.9. The molecule has 2 heterocycles. The number of hydrogen-bond donors (Lipinski definition) is 0. The van der Waals surface area contributed by atoms with Crippen LogP contribution in [0.2, 0.25) is 0 Å². The highest BCUT2D eigenvalue weighted by Crippen LogP contribution is 2.19. The van der Waals surface area contributed by atoms with Crippen LogP contribution in [0.3, 0.4) is 0 Å². The normalized spacial score (nSPS) is 27.3. The molecule has 2 amide bonds. The second-order valence-corrected chi connectivity index (χ2v) is 7.10. The summed E-state index contributed by atoms with van der Waals surface area (Å²) in [6.07, 6.45) is 0.204. The van der Waals surface area contributed by atoms with Crippen LogP contribution in [-0.2, 0) is 19.6 Å². The van der Waals surface area contributed by atoms with Gasteiger partial charge in [-0.25, -0.2) is 8.42 Å². The summed E-state index contributed by atoms with van der Waals surface area (Å²) in [7, 11) is -1.67. The molecule has 0 aliphatic carbocycles. The molecule has 2 rings (SSSR count). The van der Waals surface area contributed by atoms with Crippen molar-refractivity contribution in [1.82, 2.24) is 14.1 Å². The van der Waals surface area contributed by atoms with E-state index in [1.165, 1.54) is 11.4 Å². The molecule has 1 unspecified atom stereocenters. The predicted molar refractivity (Wildman–Crippen MR) is 68.8 cm³/mol. The van der Waals surface area contributed by atoms with E-state index < -0.39 is 16.1 Å². The zero-order valence-corrected chi connectivity index (χ0v) is 12.0. The smallest absolute Gasteiger partial charge is 0.246 e. The lowest BCUT2D eigenvalue weighted by Crippen LogP contribution is -2.53.